The predicted octanol–water partition coefficient (Wildman–Crippen LogP) is 2.34. The van der Waals surface area contributed by atoms with Gasteiger partial charge in [0.25, 0.3) is 0 Å². The monoisotopic (exact) mass is 130 g/mol. The first-order valence-electron chi connectivity index (χ1n) is 2.55. The van der Waals surface area contributed by atoms with Crippen LogP contribution in [0.15, 0.2) is 22.9 Å². The van der Waals surface area contributed by atoms with Gasteiger partial charge in [0.05, 0.1) is 5.03 Å². The maximum absolute atomic E-state index is 8.84. The lowest BCUT2D eigenvalue weighted by molar-refractivity contribution is 0.424. The molecule has 1 rings (SSSR count). The number of hydrogen-bond acceptors (Lipinski definition) is 1. The highest BCUT2D eigenvalue weighted by atomic mass is 35.5. The summed E-state index contributed by atoms with van der Waals surface area (Å²) in [4.78, 5) is 0. The predicted molar refractivity (Wildman–Crippen MR) is 33.9 cm³/mol. The molecule has 1 aliphatic rings. The molecule has 44 valence electrons. The molecule has 0 fully saturated rings. The van der Waals surface area contributed by atoms with Crippen molar-refractivity contribution in [1.29, 1.82) is 0 Å². The zero-order chi connectivity index (χ0) is 5.98. The normalized spacial score (nSPS) is 19.6. The Hall–Kier alpha value is -0.430. The SMILES string of the molecule is OC1=C(Cl)CCC=C1. The second-order valence-electron chi connectivity index (χ2n) is 1.73. The largest absolute Gasteiger partial charge is 0.507 e. The van der Waals surface area contributed by atoms with Crippen LogP contribution in [0.1, 0.15) is 12.8 Å². The van der Waals surface area contributed by atoms with Crippen LogP contribution in [0.3, 0.4) is 0 Å². The summed E-state index contributed by atoms with van der Waals surface area (Å²) < 4.78 is 0. The Bertz CT molecular complexity index is 147. The fourth-order valence-electron chi connectivity index (χ4n) is 0.624. The number of aliphatic hydroxyl groups is 1. The van der Waals surface area contributed by atoms with Crippen molar-refractivity contribution in [3.05, 3.63) is 22.9 Å². The summed E-state index contributed by atoms with van der Waals surface area (Å²) in [5.74, 6) is 0.220. The van der Waals surface area contributed by atoms with E-state index in [0.29, 0.717) is 5.03 Å². The van der Waals surface area contributed by atoms with E-state index in [1.807, 2.05) is 6.08 Å². The van der Waals surface area contributed by atoms with E-state index in [1.165, 1.54) is 0 Å². The maximum Gasteiger partial charge on any atom is 0.129 e. The Morgan fingerprint density at radius 2 is 2.38 bits per heavy atom. The van der Waals surface area contributed by atoms with Gasteiger partial charge >= 0.3 is 0 Å². The van der Waals surface area contributed by atoms with Crippen molar-refractivity contribution in [3.63, 3.8) is 0 Å². The van der Waals surface area contributed by atoms with Gasteiger partial charge in [-0.1, -0.05) is 17.7 Å². The van der Waals surface area contributed by atoms with Gasteiger partial charge in [-0.05, 0) is 18.9 Å². The van der Waals surface area contributed by atoms with Gasteiger partial charge in [-0.15, -0.1) is 0 Å². The Balaban J connectivity index is 2.76. The summed E-state index contributed by atoms with van der Waals surface area (Å²) in [5, 5.41) is 9.41. The Morgan fingerprint density at radius 3 is 2.75 bits per heavy atom. The summed E-state index contributed by atoms with van der Waals surface area (Å²) in [7, 11) is 0. The van der Waals surface area contributed by atoms with E-state index in [-0.39, 0.29) is 5.76 Å². The van der Waals surface area contributed by atoms with Crippen LogP contribution in [0, 0.1) is 0 Å². The molecule has 0 radical (unpaired) electrons. The Morgan fingerprint density at radius 1 is 1.62 bits per heavy atom. The first-order chi connectivity index (χ1) is 3.80. The van der Waals surface area contributed by atoms with E-state index in [9.17, 15) is 0 Å². The highest BCUT2D eigenvalue weighted by molar-refractivity contribution is 6.30. The molecule has 0 aliphatic heterocycles. The lowest BCUT2D eigenvalue weighted by Crippen LogP contribution is -1.86. The maximum atomic E-state index is 8.84. The van der Waals surface area contributed by atoms with Crippen LogP contribution in [0.5, 0.6) is 0 Å². The molecule has 0 saturated heterocycles. The summed E-state index contributed by atoms with van der Waals surface area (Å²) in [5.41, 5.74) is 0. The molecule has 1 aliphatic carbocycles. The molecule has 0 aromatic heterocycles. The zero-order valence-corrected chi connectivity index (χ0v) is 5.15. The van der Waals surface area contributed by atoms with Crippen molar-refractivity contribution in [2.45, 2.75) is 12.8 Å². The van der Waals surface area contributed by atoms with E-state index in [4.69, 9.17) is 16.7 Å². The number of halogens is 1. The van der Waals surface area contributed by atoms with Crippen molar-refractivity contribution in [1.82, 2.24) is 0 Å². The molecule has 0 spiro atoms. The molecule has 8 heavy (non-hydrogen) atoms. The molecule has 1 N–H and O–H groups in total. The van der Waals surface area contributed by atoms with Gasteiger partial charge in [0.1, 0.15) is 5.76 Å². The number of aliphatic hydroxyl groups excluding tert-OH is 1. The summed E-state index contributed by atoms with van der Waals surface area (Å²) in [6.45, 7) is 0. The van der Waals surface area contributed by atoms with E-state index in [1.54, 1.807) is 6.08 Å². The molecule has 0 heterocycles. The smallest absolute Gasteiger partial charge is 0.129 e. The second kappa shape index (κ2) is 2.23. The van der Waals surface area contributed by atoms with Crippen LogP contribution in [0.2, 0.25) is 0 Å². The molecule has 0 unspecified atom stereocenters. The lowest BCUT2D eigenvalue weighted by atomic mass is 10.2. The van der Waals surface area contributed by atoms with Crippen LogP contribution in [-0.2, 0) is 0 Å². The van der Waals surface area contributed by atoms with Crippen LogP contribution in [0.4, 0.5) is 0 Å². The van der Waals surface area contributed by atoms with E-state index >= 15 is 0 Å². The molecule has 0 aromatic rings. The van der Waals surface area contributed by atoms with Crippen LogP contribution in [0.25, 0.3) is 0 Å². The Kier molecular flexibility index (Phi) is 1.59. The molecule has 0 bridgehead atoms. The minimum atomic E-state index is 0.220. The van der Waals surface area contributed by atoms with E-state index < -0.39 is 0 Å². The Labute approximate surface area is 53.3 Å². The molecule has 2 heteroatoms. The minimum Gasteiger partial charge on any atom is -0.507 e. The van der Waals surface area contributed by atoms with Crippen LogP contribution in [-0.4, -0.2) is 5.11 Å². The van der Waals surface area contributed by atoms with E-state index in [2.05, 4.69) is 0 Å². The first kappa shape index (κ1) is 5.70. The van der Waals surface area contributed by atoms with Crippen molar-refractivity contribution < 1.29 is 5.11 Å². The quantitative estimate of drug-likeness (QED) is 0.534. The van der Waals surface area contributed by atoms with Crippen molar-refractivity contribution in [3.8, 4) is 0 Å². The second-order valence-corrected chi connectivity index (χ2v) is 2.19. The van der Waals surface area contributed by atoms with Crippen LogP contribution >= 0.6 is 11.6 Å². The van der Waals surface area contributed by atoms with Gasteiger partial charge in [0.2, 0.25) is 0 Å². The fraction of sp³-hybridized carbons (Fsp3) is 0.333. The molecule has 1 nitrogen and oxygen atoms in total. The van der Waals surface area contributed by atoms with Gasteiger partial charge in [0.15, 0.2) is 0 Å². The topological polar surface area (TPSA) is 20.2 Å². The highest BCUT2D eigenvalue weighted by Gasteiger charge is 2.01. The summed E-state index contributed by atoms with van der Waals surface area (Å²) in [6.07, 6.45) is 5.26. The highest BCUT2D eigenvalue weighted by Crippen LogP contribution is 2.19. The molecular weight excluding hydrogens is 124 g/mol. The fourth-order valence-corrected chi connectivity index (χ4v) is 0.796. The zero-order valence-electron chi connectivity index (χ0n) is 4.39. The molecular formula is C6H7ClO. The van der Waals surface area contributed by atoms with Crippen molar-refractivity contribution in [2.24, 2.45) is 0 Å². The molecule has 0 amide bonds. The molecule has 0 saturated carbocycles. The third kappa shape index (κ3) is 1.04. The third-order valence-corrected chi connectivity index (χ3v) is 1.47. The summed E-state index contributed by atoms with van der Waals surface area (Å²) >= 11 is 5.55. The van der Waals surface area contributed by atoms with E-state index in [0.717, 1.165) is 12.8 Å². The average Bonchev–Trinajstić information content (AvgIpc) is 1.77. The number of hydrogen-bond donors (Lipinski definition) is 1. The standard InChI is InChI=1S/C6H7ClO/c7-5-3-1-2-4-6(5)8/h2,4,8H,1,3H2. The molecule has 0 atom stereocenters. The summed E-state index contributed by atoms with van der Waals surface area (Å²) in [6, 6.07) is 0. The molecule has 0 aromatic carbocycles. The van der Waals surface area contributed by atoms with Gasteiger partial charge in [-0.2, -0.15) is 0 Å². The van der Waals surface area contributed by atoms with Gasteiger partial charge in [-0.3, -0.25) is 0 Å². The van der Waals surface area contributed by atoms with Gasteiger partial charge in [-0.25, -0.2) is 0 Å². The first-order valence-corrected chi connectivity index (χ1v) is 2.92. The third-order valence-electron chi connectivity index (χ3n) is 1.08. The van der Waals surface area contributed by atoms with Gasteiger partial charge in [0, 0.05) is 0 Å². The number of allylic oxidation sites excluding steroid dienone is 3. The average molecular weight is 131 g/mol. The van der Waals surface area contributed by atoms with Crippen LogP contribution < -0.4 is 0 Å². The van der Waals surface area contributed by atoms with Crippen molar-refractivity contribution in [2.75, 3.05) is 0 Å². The lowest BCUT2D eigenvalue weighted by Gasteiger charge is -2.02. The van der Waals surface area contributed by atoms with Gasteiger partial charge < -0.3 is 5.11 Å². The van der Waals surface area contributed by atoms with Crippen molar-refractivity contribution >= 4 is 11.6 Å². The number of rotatable bonds is 0. The minimum absolute atomic E-state index is 0.220.